The first-order chi connectivity index (χ1) is 10.2. The van der Waals surface area contributed by atoms with E-state index in [-0.39, 0.29) is 18.0 Å². The molecule has 1 atom stereocenters. The second-order valence-electron chi connectivity index (χ2n) is 6.25. The van der Waals surface area contributed by atoms with Gasteiger partial charge in [-0.05, 0) is 36.5 Å². The van der Waals surface area contributed by atoms with E-state index in [4.69, 9.17) is 4.74 Å². The molecule has 0 radical (unpaired) electrons. The zero-order chi connectivity index (χ0) is 16.8. The average molecular weight is 312 g/mol. The zero-order valence-electron chi connectivity index (χ0n) is 13.6. The molecule has 1 aromatic carbocycles. The summed E-state index contributed by atoms with van der Waals surface area (Å²) in [6.45, 7) is 6.31. The molecule has 0 aromatic heterocycles. The van der Waals surface area contributed by atoms with Crippen molar-refractivity contribution < 1.29 is 19.0 Å². The summed E-state index contributed by atoms with van der Waals surface area (Å²) in [4.78, 5) is 11.8. The van der Waals surface area contributed by atoms with Crippen LogP contribution in [0.1, 0.15) is 32.8 Å². The number of nitrogens with one attached hydrogen (secondary N) is 2. The fourth-order valence-electron chi connectivity index (χ4n) is 2.28. The Morgan fingerprint density at radius 2 is 2.05 bits per heavy atom. The molecule has 2 amide bonds. The van der Waals surface area contributed by atoms with Crippen LogP contribution < -0.4 is 15.4 Å². The van der Waals surface area contributed by atoms with Gasteiger partial charge in [0.1, 0.15) is 11.6 Å². The molecule has 0 aliphatic heterocycles. The second kappa shape index (κ2) is 7.98. The number of methoxy groups -OCH3 is 1. The van der Waals surface area contributed by atoms with Gasteiger partial charge in [-0.3, -0.25) is 0 Å². The van der Waals surface area contributed by atoms with Crippen LogP contribution in [-0.2, 0) is 6.54 Å². The maximum absolute atomic E-state index is 13.3. The lowest BCUT2D eigenvalue weighted by Crippen LogP contribution is -2.41. The predicted molar refractivity (Wildman–Crippen MR) is 83.3 cm³/mol. The number of hydrogen-bond acceptors (Lipinski definition) is 3. The molecule has 0 bridgehead atoms. The van der Waals surface area contributed by atoms with Crippen LogP contribution in [0.3, 0.4) is 0 Å². The number of aliphatic hydroxyl groups is 1. The van der Waals surface area contributed by atoms with Gasteiger partial charge in [-0.2, -0.15) is 0 Å². The summed E-state index contributed by atoms with van der Waals surface area (Å²) in [6.07, 6.45) is 0.175. The number of amides is 2. The molecule has 0 aliphatic rings. The van der Waals surface area contributed by atoms with Gasteiger partial charge in [0, 0.05) is 19.2 Å². The van der Waals surface area contributed by atoms with Gasteiger partial charge in [0.25, 0.3) is 0 Å². The topological polar surface area (TPSA) is 70.6 Å². The maximum Gasteiger partial charge on any atom is 0.315 e. The van der Waals surface area contributed by atoms with E-state index in [9.17, 15) is 14.3 Å². The normalized spacial score (nSPS) is 12.6. The van der Waals surface area contributed by atoms with Crippen LogP contribution in [0, 0.1) is 11.2 Å². The van der Waals surface area contributed by atoms with Gasteiger partial charge in [-0.1, -0.05) is 13.8 Å². The lowest BCUT2D eigenvalue weighted by Gasteiger charge is -2.26. The number of ether oxygens (including phenoxy) is 1. The largest absolute Gasteiger partial charge is 0.497 e. The van der Waals surface area contributed by atoms with Crippen molar-refractivity contribution in [2.75, 3.05) is 13.7 Å². The average Bonchev–Trinajstić information content (AvgIpc) is 2.41. The number of carbonyl (C=O) groups excluding carboxylic acids is 1. The third-order valence-corrected chi connectivity index (χ3v) is 3.20. The van der Waals surface area contributed by atoms with Crippen molar-refractivity contribution in [3.05, 3.63) is 29.6 Å². The van der Waals surface area contributed by atoms with E-state index in [0.717, 1.165) is 0 Å². The minimum Gasteiger partial charge on any atom is -0.497 e. The summed E-state index contributed by atoms with van der Waals surface area (Å²) >= 11 is 0. The molecule has 1 unspecified atom stereocenters. The number of urea groups is 1. The summed E-state index contributed by atoms with van der Waals surface area (Å²) in [6, 6.07) is 3.96. The van der Waals surface area contributed by atoms with Gasteiger partial charge in [0.15, 0.2) is 0 Å². The fourth-order valence-corrected chi connectivity index (χ4v) is 2.28. The van der Waals surface area contributed by atoms with E-state index < -0.39 is 11.9 Å². The molecule has 0 saturated carbocycles. The highest BCUT2D eigenvalue weighted by Gasteiger charge is 2.20. The van der Waals surface area contributed by atoms with Crippen LogP contribution in [0.2, 0.25) is 0 Å². The Morgan fingerprint density at radius 3 is 2.64 bits per heavy atom. The Labute approximate surface area is 130 Å². The van der Waals surface area contributed by atoms with Crippen molar-refractivity contribution in [3.63, 3.8) is 0 Å². The molecule has 0 fully saturated rings. The molecule has 1 aromatic rings. The smallest absolute Gasteiger partial charge is 0.315 e. The molecule has 124 valence electrons. The molecule has 0 spiro atoms. The van der Waals surface area contributed by atoms with E-state index in [1.54, 1.807) is 13.0 Å². The Balaban J connectivity index is 2.45. The standard InChI is InChI=1S/C16H25FN2O3/c1-11(20)8-16(2,3)10-19-15(21)18-9-12-5-13(17)7-14(6-12)22-4/h5-7,11,20H,8-10H2,1-4H3,(H2,18,19,21). The molecule has 0 aliphatic carbocycles. The Hall–Kier alpha value is -1.82. The van der Waals surface area contributed by atoms with Gasteiger partial charge >= 0.3 is 6.03 Å². The summed E-state index contributed by atoms with van der Waals surface area (Å²) in [5, 5.41) is 14.8. The third kappa shape index (κ3) is 6.76. The van der Waals surface area contributed by atoms with Crippen LogP contribution in [-0.4, -0.2) is 30.9 Å². The van der Waals surface area contributed by atoms with Crippen molar-refractivity contribution in [3.8, 4) is 5.75 Å². The minimum absolute atomic E-state index is 0.201. The van der Waals surface area contributed by atoms with E-state index in [0.29, 0.717) is 24.3 Å². The molecule has 3 N–H and O–H groups in total. The highest BCUT2D eigenvalue weighted by atomic mass is 19.1. The number of carbonyl (C=O) groups is 1. The highest BCUT2D eigenvalue weighted by Crippen LogP contribution is 2.21. The number of aliphatic hydroxyl groups excluding tert-OH is 1. The maximum atomic E-state index is 13.3. The van der Waals surface area contributed by atoms with E-state index in [2.05, 4.69) is 10.6 Å². The Kier molecular flexibility index (Phi) is 6.61. The lowest BCUT2D eigenvalue weighted by molar-refractivity contribution is 0.129. The summed E-state index contributed by atoms with van der Waals surface area (Å²) in [7, 11) is 1.46. The predicted octanol–water partition coefficient (Wildman–Crippen LogP) is 2.43. The van der Waals surface area contributed by atoms with E-state index in [1.807, 2.05) is 13.8 Å². The fraction of sp³-hybridized carbons (Fsp3) is 0.562. The minimum atomic E-state index is -0.417. The van der Waals surface area contributed by atoms with E-state index in [1.165, 1.54) is 19.2 Å². The Bertz CT molecular complexity index is 504. The molecule has 6 heteroatoms. The highest BCUT2D eigenvalue weighted by molar-refractivity contribution is 5.73. The van der Waals surface area contributed by atoms with Gasteiger partial charge in [-0.25, -0.2) is 9.18 Å². The number of benzene rings is 1. The lowest BCUT2D eigenvalue weighted by atomic mass is 9.87. The van der Waals surface area contributed by atoms with Crippen molar-refractivity contribution >= 4 is 6.03 Å². The molecular weight excluding hydrogens is 287 g/mol. The van der Waals surface area contributed by atoms with Crippen molar-refractivity contribution in [2.45, 2.75) is 39.8 Å². The Morgan fingerprint density at radius 1 is 1.36 bits per heavy atom. The SMILES string of the molecule is COc1cc(F)cc(CNC(=O)NCC(C)(C)CC(C)O)c1. The van der Waals surface area contributed by atoms with Crippen LogP contribution >= 0.6 is 0 Å². The van der Waals surface area contributed by atoms with Crippen molar-refractivity contribution in [1.82, 2.24) is 10.6 Å². The van der Waals surface area contributed by atoms with E-state index >= 15 is 0 Å². The number of rotatable bonds is 7. The van der Waals surface area contributed by atoms with Crippen molar-refractivity contribution in [1.29, 1.82) is 0 Å². The molecule has 0 heterocycles. The molecule has 5 nitrogen and oxygen atoms in total. The summed E-state index contributed by atoms with van der Waals surface area (Å²) in [5.74, 6) is 0.00454. The van der Waals surface area contributed by atoms with Crippen LogP contribution in [0.5, 0.6) is 5.75 Å². The number of hydrogen-bond donors (Lipinski definition) is 3. The van der Waals surface area contributed by atoms with Gasteiger partial charge in [0.05, 0.1) is 13.2 Å². The van der Waals surface area contributed by atoms with Crippen LogP contribution in [0.4, 0.5) is 9.18 Å². The first-order valence-electron chi connectivity index (χ1n) is 7.25. The summed E-state index contributed by atoms with van der Waals surface area (Å²) < 4.78 is 18.3. The quantitative estimate of drug-likeness (QED) is 0.724. The third-order valence-electron chi connectivity index (χ3n) is 3.20. The molecule has 0 saturated heterocycles. The van der Waals surface area contributed by atoms with Crippen LogP contribution in [0.15, 0.2) is 18.2 Å². The zero-order valence-corrected chi connectivity index (χ0v) is 13.6. The monoisotopic (exact) mass is 312 g/mol. The van der Waals surface area contributed by atoms with Gasteiger partial charge in [0.2, 0.25) is 0 Å². The van der Waals surface area contributed by atoms with Gasteiger partial charge < -0.3 is 20.5 Å². The molecular formula is C16H25FN2O3. The van der Waals surface area contributed by atoms with Crippen LogP contribution in [0.25, 0.3) is 0 Å². The number of halogens is 1. The summed E-state index contributed by atoms with van der Waals surface area (Å²) in [5.41, 5.74) is 0.420. The first kappa shape index (κ1) is 18.2. The molecule has 22 heavy (non-hydrogen) atoms. The molecule has 1 rings (SSSR count). The van der Waals surface area contributed by atoms with Crippen molar-refractivity contribution in [2.24, 2.45) is 5.41 Å². The van der Waals surface area contributed by atoms with Gasteiger partial charge in [-0.15, -0.1) is 0 Å². The first-order valence-corrected chi connectivity index (χ1v) is 7.25. The second-order valence-corrected chi connectivity index (χ2v) is 6.25.